The number of carbonyl (C=O) groups excluding carboxylic acids is 2. The number of carbonyl (C=O) groups is 2. The lowest BCUT2D eigenvalue weighted by Crippen LogP contribution is -2.53. The van der Waals surface area contributed by atoms with Gasteiger partial charge in [-0.3, -0.25) is 9.59 Å². The molecule has 0 amide bonds. The van der Waals surface area contributed by atoms with Crippen LogP contribution in [0.15, 0.2) is 0 Å². The van der Waals surface area contributed by atoms with Gasteiger partial charge >= 0.3 is 11.9 Å². The Morgan fingerprint density at radius 3 is 1.59 bits per heavy atom. The van der Waals surface area contributed by atoms with Crippen molar-refractivity contribution in [2.45, 2.75) is 38.9 Å². The monoisotopic (exact) mass is 242 g/mol. The van der Waals surface area contributed by atoms with E-state index in [2.05, 4.69) is 4.74 Å². The molecule has 17 heavy (non-hydrogen) atoms. The van der Waals surface area contributed by atoms with Crippen molar-refractivity contribution in [3.05, 3.63) is 0 Å². The van der Waals surface area contributed by atoms with Gasteiger partial charge in [-0.15, -0.1) is 0 Å². The SMILES string of the molecule is CCC1C(O)C(O)C(CC)C2C(=O)OC(=O)C12. The molecule has 0 spiro atoms. The van der Waals surface area contributed by atoms with Crippen molar-refractivity contribution in [2.75, 3.05) is 0 Å². The molecule has 5 nitrogen and oxygen atoms in total. The molecule has 96 valence electrons. The number of aliphatic hydroxyl groups excluding tert-OH is 2. The van der Waals surface area contributed by atoms with E-state index in [-0.39, 0.29) is 0 Å². The number of aliphatic hydroxyl groups is 2. The molecule has 1 aliphatic carbocycles. The van der Waals surface area contributed by atoms with E-state index in [1.807, 2.05) is 13.8 Å². The first-order chi connectivity index (χ1) is 8.02. The van der Waals surface area contributed by atoms with Crippen LogP contribution in [0, 0.1) is 23.7 Å². The third-order valence-electron chi connectivity index (χ3n) is 4.23. The van der Waals surface area contributed by atoms with Gasteiger partial charge in [0, 0.05) is 11.8 Å². The van der Waals surface area contributed by atoms with Crippen molar-refractivity contribution in [3.8, 4) is 0 Å². The predicted molar refractivity (Wildman–Crippen MR) is 57.7 cm³/mol. The summed E-state index contributed by atoms with van der Waals surface area (Å²) in [6.45, 7) is 3.67. The van der Waals surface area contributed by atoms with Crippen molar-refractivity contribution in [3.63, 3.8) is 0 Å². The van der Waals surface area contributed by atoms with E-state index in [4.69, 9.17) is 0 Å². The maximum absolute atomic E-state index is 11.7. The third kappa shape index (κ3) is 1.68. The third-order valence-corrected chi connectivity index (χ3v) is 4.23. The summed E-state index contributed by atoms with van der Waals surface area (Å²) in [5, 5.41) is 20.0. The highest BCUT2D eigenvalue weighted by Crippen LogP contribution is 2.46. The van der Waals surface area contributed by atoms with E-state index in [1.54, 1.807) is 0 Å². The number of rotatable bonds is 2. The van der Waals surface area contributed by atoms with Gasteiger partial charge in [-0.2, -0.15) is 0 Å². The molecule has 0 bridgehead atoms. The summed E-state index contributed by atoms with van der Waals surface area (Å²) in [6.07, 6.45) is -0.828. The van der Waals surface area contributed by atoms with Crippen LogP contribution in [0.5, 0.6) is 0 Å². The van der Waals surface area contributed by atoms with Crippen LogP contribution >= 0.6 is 0 Å². The predicted octanol–water partition coefficient (Wildman–Crippen LogP) is 0.0900. The first-order valence-electron chi connectivity index (χ1n) is 6.14. The highest BCUT2D eigenvalue weighted by Gasteiger charge is 2.59. The summed E-state index contributed by atoms with van der Waals surface area (Å²) >= 11 is 0. The van der Waals surface area contributed by atoms with Crippen molar-refractivity contribution >= 4 is 11.9 Å². The Bertz CT molecular complexity index is 308. The summed E-state index contributed by atoms with van der Waals surface area (Å²) in [5.41, 5.74) is 0. The second-order valence-corrected chi connectivity index (χ2v) is 4.92. The molecule has 0 aromatic carbocycles. The average Bonchev–Trinajstić information content (AvgIpc) is 2.57. The summed E-state index contributed by atoms with van der Waals surface area (Å²) in [4.78, 5) is 23.3. The molecule has 2 N–H and O–H groups in total. The molecule has 2 rings (SSSR count). The molecule has 0 aromatic heterocycles. The number of hydrogen-bond donors (Lipinski definition) is 2. The zero-order valence-electron chi connectivity index (χ0n) is 10.00. The maximum atomic E-state index is 11.7. The van der Waals surface area contributed by atoms with Gasteiger partial charge in [-0.05, 0) is 12.8 Å². The zero-order chi connectivity index (χ0) is 12.7. The molecule has 0 radical (unpaired) electrons. The van der Waals surface area contributed by atoms with E-state index in [9.17, 15) is 19.8 Å². The molecule has 6 unspecified atom stereocenters. The summed E-state index contributed by atoms with van der Waals surface area (Å²) < 4.78 is 4.67. The smallest absolute Gasteiger partial charge is 0.317 e. The van der Waals surface area contributed by atoms with Gasteiger partial charge in [0.15, 0.2) is 0 Å². The lowest BCUT2D eigenvalue weighted by Gasteiger charge is -2.42. The second-order valence-electron chi connectivity index (χ2n) is 4.92. The topological polar surface area (TPSA) is 83.8 Å². The molecule has 5 heteroatoms. The molecule has 1 saturated heterocycles. The van der Waals surface area contributed by atoms with Crippen LogP contribution in [0.3, 0.4) is 0 Å². The van der Waals surface area contributed by atoms with Crippen LogP contribution in [0.2, 0.25) is 0 Å². The molecule has 6 atom stereocenters. The Hall–Kier alpha value is -0.940. The number of esters is 2. The minimum atomic E-state index is -0.954. The molecule has 1 heterocycles. The molecule has 0 aromatic rings. The normalized spacial score (nSPS) is 45.6. The minimum Gasteiger partial charge on any atom is -0.393 e. The van der Waals surface area contributed by atoms with Gasteiger partial charge in [-0.1, -0.05) is 13.8 Å². The fourth-order valence-corrected chi connectivity index (χ4v) is 3.33. The van der Waals surface area contributed by atoms with Crippen molar-refractivity contribution in [2.24, 2.45) is 23.7 Å². The number of fused-ring (bicyclic) bond motifs is 1. The van der Waals surface area contributed by atoms with Gasteiger partial charge in [0.2, 0.25) is 0 Å². The number of hydrogen-bond acceptors (Lipinski definition) is 5. The Balaban J connectivity index is 2.38. The fraction of sp³-hybridized carbons (Fsp3) is 0.833. The Morgan fingerprint density at radius 1 is 0.941 bits per heavy atom. The number of ether oxygens (including phenoxy) is 1. The number of cyclic esters (lactones) is 2. The van der Waals surface area contributed by atoms with Crippen LogP contribution in [-0.2, 0) is 14.3 Å². The van der Waals surface area contributed by atoms with E-state index >= 15 is 0 Å². The first-order valence-corrected chi connectivity index (χ1v) is 6.14. The lowest BCUT2D eigenvalue weighted by atomic mass is 9.63. The first kappa shape index (κ1) is 12.5. The van der Waals surface area contributed by atoms with Crippen molar-refractivity contribution in [1.29, 1.82) is 0 Å². The standard InChI is InChI=1S/C12H18O5/c1-3-5-7-8(12(16)17-11(7)15)6(4-2)10(14)9(5)13/h5-10,13-14H,3-4H2,1-2H3. The van der Waals surface area contributed by atoms with Crippen LogP contribution in [0.25, 0.3) is 0 Å². The summed E-state index contributed by atoms with van der Waals surface area (Å²) in [7, 11) is 0. The fourth-order valence-electron chi connectivity index (χ4n) is 3.33. The van der Waals surface area contributed by atoms with Gasteiger partial charge in [0.1, 0.15) is 0 Å². The van der Waals surface area contributed by atoms with Gasteiger partial charge in [-0.25, -0.2) is 0 Å². The molecular formula is C12H18O5. The lowest BCUT2D eigenvalue weighted by molar-refractivity contribution is -0.154. The van der Waals surface area contributed by atoms with E-state index < -0.39 is 47.8 Å². The summed E-state index contributed by atoms with van der Waals surface area (Å²) in [5.74, 6) is -3.05. The quantitative estimate of drug-likeness (QED) is 0.529. The highest BCUT2D eigenvalue weighted by molar-refractivity contribution is 5.97. The van der Waals surface area contributed by atoms with Crippen LogP contribution in [0.4, 0.5) is 0 Å². The molecule has 2 aliphatic rings. The van der Waals surface area contributed by atoms with Crippen LogP contribution < -0.4 is 0 Å². The molecule has 2 fully saturated rings. The second kappa shape index (κ2) is 4.38. The average molecular weight is 242 g/mol. The minimum absolute atomic E-state index is 0.392. The van der Waals surface area contributed by atoms with Gasteiger partial charge < -0.3 is 14.9 Å². The van der Waals surface area contributed by atoms with Crippen molar-refractivity contribution < 1.29 is 24.5 Å². The van der Waals surface area contributed by atoms with E-state index in [0.29, 0.717) is 12.8 Å². The Labute approximate surface area is 99.8 Å². The maximum Gasteiger partial charge on any atom is 0.317 e. The molecular weight excluding hydrogens is 224 g/mol. The van der Waals surface area contributed by atoms with Crippen LogP contribution in [-0.4, -0.2) is 34.4 Å². The highest BCUT2D eigenvalue weighted by atomic mass is 16.6. The largest absolute Gasteiger partial charge is 0.393 e. The van der Waals surface area contributed by atoms with Crippen molar-refractivity contribution in [1.82, 2.24) is 0 Å². The molecule has 1 aliphatic heterocycles. The van der Waals surface area contributed by atoms with E-state index in [1.165, 1.54) is 0 Å². The zero-order valence-corrected chi connectivity index (χ0v) is 10.00. The van der Waals surface area contributed by atoms with E-state index in [0.717, 1.165) is 0 Å². The Kier molecular flexibility index (Phi) is 3.23. The Morgan fingerprint density at radius 2 is 1.29 bits per heavy atom. The van der Waals surface area contributed by atoms with Gasteiger partial charge in [0.05, 0.1) is 24.0 Å². The van der Waals surface area contributed by atoms with Crippen LogP contribution in [0.1, 0.15) is 26.7 Å². The molecule has 1 saturated carbocycles. The van der Waals surface area contributed by atoms with Gasteiger partial charge in [0.25, 0.3) is 0 Å². The summed E-state index contributed by atoms with van der Waals surface area (Å²) in [6, 6.07) is 0.